The minimum absolute atomic E-state index is 0.119. The van der Waals surface area contributed by atoms with E-state index in [9.17, 15) is 30.8 Å². The van der Waals surface area contributed by atoms with E-state index >= 15 is 0 Å². The Bertz CT molecular complexity index is 1330. The number of carbonyl (C=O) groups excluding carboxylic acids is 1. The molecule has 0 radical (unpaired) electrons. The van der Waals surface area contributed by atoms with Crippen LogP contribution in [0.4, 0.5) is 28.9 Å². The monoisotopic (exact) mass is 482 g/mol. The SMILES string of the molecule is O=C1C(=CNc2ccccc2C(F)(F)F)S(=O)(=O)N(Cc2cccc(F)c2)c2ccsc21. The highest BCUT2D eigenvalue weighted by atomic mass is 32.2. The van der Waals surface area contributed by atoms with Gasteiger partial charge in [0, 0.05) is 6.20 Å². The van der Waals surface area contributed by atoms with Crippen molar-refractivity contribution in [2.45, 2.75) is 12.7 Å². The highest BCUT2D eigenvalue weighted by Crippen LogP contribution is 2.40. The number of carbonyl (C=O) groups is 1. The molecule has 0 fully saturated rings. The Morgan fingerprint density at radius 3 is 2.53 bits per heavy atom. The lowest BCUT2D eigenvalue weighted by atomic mass is 10.1. The van der Waals surface area contributed by atoms with Crippen LogP contribution in [0.15, 0.2) is 71.1 Å². The van der Waals surface area contributed by atoms with Crippen LogP contribution in [0.1, 0.15) is 20.8 Å². The number of alkyl halides is 3. The molecule has 5 nitrogen and oxygen atoms in total. The Labute approximate surface area is 184 Å². The Balaban J connectivity index is 1.76. The lowest BCUT2D eigenvalue weighted by Crippen LogP contribution is -2.38. The van der Waals surface area contributed by atoms with Crippen LogP contribution in [-0.4, -0.2) is 14.2 Å². The van der Waals surface area contributed by atoms with Crippen LogP contribution in [0.2, 0.25) is 0 Å². The van der Waals surface area contributed by atoms with Crippen molar-refractivity contribution in [1.29, 1.82) is 0 Å². The first-order valence-corrected chi connectivity index (χ1v) is 11.4. The number of sulfonamides is 1. The van der Waals surface area contributed by atoms with Gasteiger partial charge in [-0.15, -0.1) is 11.3 Å². The number of anilines is 2. The largest absolute Gasteiger partial charge is 0.418 e. The number of hydrogen-bond acceptors (Lipinski definition) is 5. The molecule has 0 spiro atoms. The molecular formula is C21H14F4N2O3S2. The molecule has 1 N–H and O–H groups in total. The number of rotatable bonds is 4. The fourth-order valence-corrected chi connectivity index (χ4v) is 5.74. The summed E-state index contributed by atoms with van der Waals surface area (Å²) in [5, 5.41) is 3.86. The molecule has 0 atom stereocenters. The molecule has 0 bridgehead atoms. The number of ketones is 1. The van der Waals surface area contributed by atoms with Crippen LogP contribution >= 0.6 is 11.3 Å². The molecule has 1 aliphatic heterocycles. The number of thiophene rings is 1. The maximum Gasteiger partial charge on any atom is 0.418 e. The van der Waals surface area contributed by atoms with Gasteiger partial charge in [-0.1, -0.05) is 24.3 Å². The first-order valence-electron chi connectivity index (χ1n) is 9.11. The topological polar surface area (TPSA) is 66.5 Å². The molecule has 0 aliphatic carbocycles. The number of halogens is 4. The molecular weight excluding hydrogens is 468 g/mol. The van der Waals surface area contributed by atoms with Crippen LogP contribution in [0.25, 0.3) is 0 Å². The number of para-hydroxylation sites is 1. The van der Waals surface area contributed by atoms with E-state index in [2.05, 4.69) is 5.32 Å². The summed E-state index contributed by atoms with van der Waals surface area (Å²) < 4.78 is 80.8. The summed E-state index contributed by atoms with van der Waals surface area (Å²) in [6.45, 7) is -0.256. The zero-order valence-electron chi connectivity index (χ0n) is 16.1. The number of fused-ring (bicyclic) bond motifs is 1. The standard InChI is InChI=1S/C21H14F4N2O3S2/c22-14-5-3-4-13(10-14)12-27-17-8-9-31-20(17)19(28)18(32(27,29)30)11-26-16-7-2-1-6-15(16)21(23,24)25/h1-11,26H,12H2. The molecule has 4 rings (SSSR count). The van der Waals surface area contributed by atoms with Crippen molar-refractivity contribution in [2.75, 3.05) is 9.62 Å². The summed E-state index contributed by atoms with van der Waals surface area (Å²) in [7, 11) is -4.44. The van der Waals surface area contributed by atoms with E-state index in [-0.39, 0.29) is 17.1 Å². The molecule has 166 valence electrons. The van der Waals surface area contributed by atoms with Gasteiger partial charge in [0.25, 0.3) is 10.0 Å². The van der Waals surface area contributed by atoms with Crippen LogP contribution < -0.4 is 9.62 Å². The van der Waals surface area contributed by atoms with Gasteiger partial charge in [0.1, 0.15) is 10.7 Å². The smallest absolute Gasteiger partial charge is 0.360 e. The van der Waals surface area contributed by atoms with E-state index in [4.69, 9.17) is 0 Å². The Hall–Kier alpha value is -3.18. The quantitative estimate of drug-likeness (QED) is 0.400. The molecule has 0 saturated carbocycles. The minimum Gasteiger partial charge on any atom is -0.360 e. The molecule has 3 aromatic rings. The molecule has 0 unspecified atom stereocenters. The number of allylic oxidation sites excluding steroid dienone is 1. The van der Waals surface area contributed by atoms with Crippen LogP contribution in [0, 0.1) is 5.82 Å². The first-order chi connectivity index (χ1) is 15.1. The van der Waals surface area contributed by atoms with Gasteiger partial charge >= 0.3 is 6.18 Å². The second-order valence-corrected chi connectivity index (χ2v) is 9.55. The summed E-state index contributed by atoms with van der Waals surface area (Å²) in [5.74, 6) is -1.39. The predicted molar refractivity (Wildman–Crippen MR) is 113 cm³/mol. The summed E-state index contributed by atoms with van der Waals surface area (Å²) in [6, 6.07) is 11.3. The molecule has 32 heavy (non-hydrogen) atoms. The molecule has 1 aliphatic rings. The average Bonchev–Trinajstić information content (AvgIpc) is 3.20. The lowest BCUT2D eigenvalue weighted by molar-refractivity contribution is -0.136. The van der Waals surface area contributed by atoms with Gasteiger partial charge in [0.05, 0.1) is 23.5 Å². The number of nitrogens with one attached hydrogen (secondary N) is 1. The third-order valence-electron chi connectivity index (χ3n) is 4.72. The van der Waals surface area contributed by atoms with Crippen molar-refractivity contribution in [3.05, 3.63) is 92.9 Å². The third kappa shape index (κ3) is 4.00. The fraction of sp³-hybridized carbons (Fsp3) is 0.0952. The van der Waals surface area contributed by atoms with Crippen molar-refractivity contribution >= 4 is 38.5 Å². The molecule has 11 heteroatoms. The molecule has 0 amide bonds. The second kappa shape index (κ2) is 8.06. The second-order valence-electron chi connectivity index (χ2n) is 6.80. The van der Waals surface area contributed by atoms with E-state index in [0.29, 0.717) is 5.56 Å². The summed E-state index contributed by atoms with van der Waals surface area (Å²) in [6.07, 6.45) is -3.91. The Morgan fingerprint density at radius 2 is 1.81 bits per heavy atom. The zero-order chi connectivity index (χ0) is 23.1. The first kappa shape index (κ1) is 22.0. The number of hydrogen-bond donors (Lipinski definition) is 1. The van der Waals surface area contributed by atoms with Gasteiger partial charge in [0.2, 0.25) is 5.78 Å². The number of benzene rings is 2. The van der Waals surface area contributed by atoms with Gasteiger partial charge in [-0.2, -0.15) is 13.2 Å². The third-order valence-corrected chi connectivity index (χ3v) is 7.39. The highest BCUT2D eigenvalue weighted by molar-refractivity contribution is 7.97. The summed E-state index contributed by atoms with van der Waals surface area (Å²) in [4.78, 5) is 12.3. The zero-order valence-corrected chi connectivity index (χ0v) is 17.7. The maximum absolute atomic E-state index is 13.6. The van der Waals surface area contributed by atoms with E-state index in [1.165, 1.54) is 47.8 Å². The van der Waals surface area contributed by atoms with Crippen molar-refractivity contribution < 1.29 is 30.8 Å². The minimum atomic E-state index is -4.68. The molecule has 2 aromatic carbocycles. The van der Waals surface area contributed by atoms with Crippen molar-refractivity contribution in [3.8, 4) is 0 Å². The van der Waals surface area contributed by atoms with Crippen molar-refractivity contribution in [2.24, 2.45) is 0 Å². The number of Topliss-reactive ketones (excluding diaryl/α,β-unsaturated/α-hetero) is 1. The maximum atomic E-state index is 13.6. The Kier molecular flexibility index (Phi) is 5.55. The highest BCUT2D eigenvalue weighted by Gasteiger charge is 2.41. The van der Waals surface area contributed by atoms with E-state index in [0.717, 1.165) is 34.0 Å². The normalized spacial score (nSPS) is 16.8. The fourth-order valence-electron chi connectivity index (χ4n) is 3.26. The molecule has 0 saturated heterocycles. The van der Waals surface area contributed by atoms with Gasteiger partial charge in [0.15, 0.2) is 4.91 Å². The molecule has 1 aromatic heterocycles. The van der Waals surface area contributed by atoms with Crippen molar-refractivity contribution in [1.82, 2.24) is 0 Å². The Morgan fingerprint density at radius 1 is 1.06 bits per heavy atom. The van der Waals surface area contributed by atoms with Crippen LogP contribution in [0.3, 0.4) is 0 Å². The summed E-state index contributed by atoms with van der Waals surface area (Å²) in [5.41, 5.74) is -0.929. The van der Waals surface area contributed by atoms with Gasteiger partial charge in [-0.3, -0.25) is 9.10 Å². The van der Waals surface area contributed by atoms with Crippen molar-refractivity contribution in [3.63, 3.8) is 0 Å². The van der Waals surface area contributed by atoms with Gasteiger partial charge in [-0.25, -0.2) is 12.8 Å². The van der Waals surface area contributed by atoms with Gasteiger partial charge < -0.3 is 5.32 Å². The van der Waals surface area contributed by atoms with E-state index in [1.807, 2.05) is 0 Å². The lowest BCUT2D eigenvalue weighted by Gasteiger charge is -2.29. The predicted octanol–water partition coefficient (Wildman–Crippen LogP) is 5.39. The van der Waals surface area contributed by atoms with E-state index in [1.54, 1.807) is 0 Å². The van der Waals surface area contributed by atoms with Crippen LogP contribution in [0.5, 0.6) is 0 Å². The van der Waals surface area contributed by atoms with Crippen LogP contribution in [-0.2, 0) is 22.7 Å². The summed E-state index contributed by atoms with van der Waals surface area (Å²) >= 11 is 1.01. The van der Waals surface area contributed by atoms with E-state index < -0.39 is 44.0 Å². The number of nitrogens with zero attached hydrogens (tertiary/aromatic N) is 1. The molecule has 2 heterocycles. The average molecular weight is 482 g/mol. The van der Waals surface area contributed by atoms with Gasteiger partial charge in [-0.05, 0) is 41.3 Å².